The summed E-state index contributed by atoms with van der Waals surface area (Å²) < 4.78 is 0. The number of carboxylic acid groups (broad SMARTS) is 1. The lowest BCUT2D eigenvalue weighted by atomic mass is 10.2. The van der Waals surface area contributed by atoms with E-state index in [1.54, 1.807) is 4.90 Å². The van der Waals surface area contributed by atoms with Gasteiger partial charge in [-0.1, -0.05) is 0 Å². The van der Waals surface area contributed by atoms with Crippen molar-refractivity contribution < 1.29 is 14.7 Å². The number of pyridine rings is 1. The maximum absolute atomic E-state index is 12.2. The van der Waals surface area contributed by atoms with Crippen LogP contribution in [-0.4, -0.2) is 51.0 Å². The summed E-state index contributed by atoms with van der Waals surface area (Å²) in [6.45, 7) is 2.72. The van der Waals surface area contributed by atoms with Gasteiger partial charge in [0.2, 0.25) is 0 Å². The lowest BCUT2D eigenvalue weighted by Crippen LogP contribution is -2.44. The fourth-order valence-electron chi connectivity index (χ4n) is 1.82. The number of carbonyl (C=O) groups is 2. The van der Waals surface area contributed by atoms with Crippen molar-refractivity contribution in [1.82, 2.24) is 9.88 Å². The molecule has 1 fully saturated rings. The Kier molecular flexibility index (Phi) is 3.86. The van der Waals surface area contributed by atoms with Gasteiger partial charge < -0.3 is 10.0 Å². The number of amides is 1. The second-order valence-corrected chi connectivity index (χ2v) is 5.31. The Morgan fingerprint density at radius 2 is 2.28 bits per heavy atom. The molecule has 2 heterocycles. The molecule has 1 N–H and O–H groups in total. The topological polar surface area (TPSA) is 70.5 Å². The number of carbonyl (C=O) groups excluding carboxylic acids is 1. The Hall–Kier alpha value is -1.56. The molecule has 1 aliphatic rings. The monoisotopic (exact) mass is 266 g/mol. The van der Waals surface area contributed by atoms with E-state index in [4.69, 9.17) is 5.11 Å². The van der Waals surface area contributed by atoms with Gasteiger partial charge in [0.15, 0.2) is 0 Å². The van der Waals surface area contributed by atoms with Gasteiger partial charge in [-0.3, -0.25) is 9.78 Å². The zero-order chi connectivity index (χ0) is 13.1. The number of thioether (sulfide) groups is 1. The highest BCUT2D eigenvalue weighted by Gasteiger charge is 2.25. The van der Waals surface area contributed by atoms with Gasteiger partial charge in [0.05, 0.1) is 5.56 Å². The highest BCUT2D eigenvalue weighted by Crippen LogP contribution is 2.18. The van der Waals surface area contributed by atoms with Crippen LogP contribution < -0.4 is 0 Å². The fourth-order valence-corrected chi connectivity index (χ4v) is 2.84. The van der Waals surface area contributed by atoms with Crippen LogP contribution in [0, 0.1) is 0 Å². The average molecular weight is 266 g/mol. The zero-order valence-electron chi connectivity index (χ0n) is 10.00. The van der Waals surface area contributed by atoms with Crippen LogP contribution in [0.25, 0.3) is 0 Å². The van der Waals surface area contributed by atoms with Gasteiger partial charge in [-0.25, -0.2) is 4.79 Å². The molecule has 1 unspecified atom stereocenters. The van der Waals surface area contributed by atoms with Gasteiger partial charge in [0.1, 0.15) is 5.69 Å². The Morgan fingerprint density at radius 1 is 1.50 bits per heavy atom. The predicted octanol–water partition coefficient (Wildman–Crippen LogP) is 1.36. The number of aromatic nitrogens is 1. The van der Waals surface area contributed by atoms with Crippen molar-refractivity contribution in [2.45, 2.75) is 13.0 Å². The third-order valence-electron chi connectivity index (χ3n) is 2.86. The summed E-state index contributed by atoms with van der Waals surface area (Å²) >= 11 is 1.83. The molecule has 0 aromatic carbocycles. The largest absolute Gasteiger partial charge is 0.478 e. The van der Waals surface area contributed by atoms with Crippen molar-refractivity contribution in [3.05, 3.63) is 29.6 Å². The lowest BCUT2D eigenvalue weighted by molar-refractivity contribution is 0.0686. The molecule has 5 nitrogen and oxygen atoms in total. The van der Waals surface area contributed by atoms with Gasteiger partial charge in [-0.15, -0.1) is 0 Å². The number of nitrogens with zero attached hydrogens (tertiary/aromatic N) is 2. The molecule has 6 heteroatoms. The highest BCUT2D eigenvalue weighted by molar-refractivity contribution is 7.99. The number of hydrogen-bond donors (Lipinski definition) is 1. The second kappa shape index (κ2) is 5.39. The van der Waals surface area contributed by atoms with E-state index in [1.165, 1.54) is 18.3 Å². The van der Waals surface area contributed by atoms with Crippen molar-refractivity contribution in [3.63, 3.8) is 0 Å². The highest BCUT2D eigenvalue weighted by atomic mass is 32.2. The van der Waals surface area contributed by atoms with Gasteiger partial charge in [-0.05, 0) is 19.1 Å². The quantitative estimate of drug-likeness (QED) is 0.875. The van der Waals surface area contributed by atoms with Crippen LogP contribution in [0.4, 0.5) is 0 Å². The summed E-state index contributed by atoms with van der Waals surface area (Å²) in [5.74, 6) is 0.700. The summed E-state index contributed by atoms with van der Waals surface area (Å²) in [6.07, 6.45) is 1.22. The van der Waals surface area contributed by atoms with Gasteiger partial charge >= 0.3 is 5.97 Å². The first-order chi connectivity index (χ1) is 8.59. The molecular formula is C12H14N2O3S. The lowest BCUT2D eigenvalue weighted by Gasteiger charge is -2.32. The van der Waals surface area contributed by atoms with Crippen LogP contribution in [0.1, 0.15) is 27.8 Å². The normalized spacial score (nSPS) is 19.6. The molecule has 2 rings (SSSR count). The molecule has 0 aliphatic carbocycles. The molecule has 1 aromatic rings. The first-order valence-electron chi connectivity index (χ1n) is 5.67. The number of aromatic carboxylic acids is 1. The Bertz CT molecular complexity index is 461. The summed E-state index contributed by atoms with van der Waals surface area (Å²) in [4.78, 5) is 28.6. The van der Waals surface area contributed by atoms with Crippen LogP contribution in [0.5, 0.6) is 0 Å². The van der Waals surface area contributed by atoms with Crippen LogP contribution >= 0.6 is 11.8 Å². The minimum atomic E-state index is -1.04. The molecular weight excluding hydrogens is 252 g/mol. The van der Waals surface area contributed by atoms with E-state index >= 15 is 0 Å². The van der Waals surface area contributed by atoms with Crippen LogP contribution in [0.2, 0.25) is 0 Å². The van der Waals surface area contributed by atoms with E-state index < -0.39 is 5.97 Å². The number of hydrogen-bond acceptors (Lipinski definition) is 4. The molecule has 0 spiro atoms. The van der Waals surface area contributed by atoms with Crippen LogP contribution in [-0.2, 0) is 0 Å². The zero-order valence-corrected chi connectivity index (χ0v) is 10.8. The third kappa shape index (κ3) is 2.64. The second-order valence-electron chi connectivity index (χ2n) is 4.16. The maximum Gasteiger partial charge on any atom is 0.337 e. The first-order valence-corrected chi connectivity index (χ1v) is 6.83. The SMILES string of the molecule is CC1CSCCN1C(=O)c1ccc(C(=O)O)cn1. The van der Waals surface area contributed by atoms with Crippen molar-refractivity contribution in [2.75, 3.05) is 18.1 Å². The van der Waals surface area contributed by atoms with E-state index in [2.05, 4.69) is 4.98 Å². The average Bonchev–Trinajstić information content (AvgIpc) is 2.38. The Labute approximate surface area is 109 Å². The van der Waals surface area contributed by atoms with Crippen molar-refractivity contribution >= 4 is 23.6 Å². The summed E-state index contributed by atoms with van der Waals surface area (Å²) in [6, 6.07) is 3.07. The van der Waals surface area contributed by atoms with E-state index in [1.807, 2.05) is 18.7 Å². The fraction of sp³-hybridized carbons (Fsp3) is 0.417. The van der Waals surface area contributed by atoms with Crippen molar-refractivity contribution in [2.24, 2.45) is 0 Å². The maximum atomic E-state index is 12.2. The van der Waals surface area contributed by atoms with E-state index in [-0.39, 0.29) is 17.5 Å². The Balaban J connectivity index is 2.15. The van der Waals surface area contributed by atoms with Crippen molar-refractivity contribution in [1.29, 1.82) is 0 Å². The summed E-state index contributed by atoms with van der Waals surface area (Å²) in [5, 5.41) is 8.77. The molecule has 1 saturated heterocycles. The van der Waals surface area contributed by atoms with E-state index in [9.17, 15) is 9.59 Å². The summed E-state index contributed by atoms with van der Waals surface area (Å²) in [7, 11) is 0. The number of rotatable bonds is 2. The molecule has 0 bridgehead atoms. The molecule has 1 atom stereocenters. The number of carboxylic acids is 1. The standard InChI is InChI=1S/C12H14N2O3S/c1-8-7-18-5-4-14(8)11(15)10-3-2-9(6-13-10)12(16)17/h2-3,6,8H,4-5,7H2,1H3,(H,16,17). The van der Waals surface area contributed by atoms with Crippen LogP contribution in [0.15, 0.2) is 18.3 Å². The van der Waals surface area contributed by atoms with Gasteiger partial charge in [-0.2, -0.15) is 11.8 Å². The minimum absolute atomic E-state index is 0.0915. The minimum Gasteiger partial charge on any atom is -0.478 e. The first kappa shape index (κ1) is 12.9. The van der Waals surface area contributed by atoms with Gasteiger partial charge in [0, 0.05) is 30.3 Å². The Morgan fingerprint density at radius 3 is 2.83 bits per heavy atom. The van der Waals surface area contributed by atoms with E-state index in [0.29, 0.717) is 12.2 Å². The van der Waals surface area contributed by atoms with Crippen LogP contribution in [0.3, 0.4) is 0 Å². The molecule has 1 aromatic heterocycles. The molecule has 0 radical (unpaired) electrons. The van der Waals surface area contributed by atoms with Gasteiger partial charge in [0.25, 0.3) is 5.91 Å². The molecule has 96 valence electrons. The molecule has 0 saturated carbocycles. The molecule has 1 aliphatic heterocycles. The summed E-state index contributed by atoms with van der Waals surface area (Å²) in [5.41, 5.74) is 0.396. The third-order valence-corrected chi connectivity index (χ3v) is 4.05. The molecule has 1 amide bonds. The smallest absolute Gasteiger partial charge is 0.337 e. The predicted molar refractivity (Wildman–Crippen MR) is 69.0 cm³/mol. The molecule has 18 heavy (non-hydrogen) atoms. The van der Waals surface area contributed by atoms with E-state index in [0.717, 1.165) is 11.5 Å². The van der Waals surface area contributed by atoms with Crippen molar-refractivity contribution in [3.8, 4) is 0 Å².